The number of rotatable bonds is 5. The molecular formula is C29H30BrN3O3. The van der Waals surface area contributed by atoms with Gasteiger partial charge < -0.3 is 25.0 Å². The molecule has 7 heteroatoms. The van der Waals surface area contributed by atoms with Gasteiger partial charge in [-0.2, -0.15) is 0 Å². The van der Waals surface area contributed by atoms with Crippen LogP contribution in [-0.4, -0.2) is 34.1 Å². The second kappa shape index (κ2) is 9.90. The van der Waals surface area contributed by atoms with Gasteiger partial charge in [-0.05, 0) is 70.2 Å². The fraction of sp³-hybridized carbons (Fsp3) is 0.276. The van der Waals surface area contributed by atoms with Crippen LogP contribution in [-0.2, 0) is 4.79 Å². The van der Waals surface area contributed by atoms with Crippen molar-refractivity contribution in [2.75, 3.05) is 43.8 Å². The maximum atomic E-state index is 13.9. The number of hydrogen-bond donors (Lipinski definition) is 2. The lowest BCUT2D eigenvalue weighted by atomic mass is 9.78. The smallest absolute Gasteiger partial charge is 0.163 e. The van der Waals surface area contributed by atoms with Crippen LogP contribution in [0.5, 0.6) is 11.5 Å². The summed E-state index contributed by atoms with van der Waals surface area (Å²) in [4.78, 5) is 15.9. The van der Waals surface area contributed by atoms with E-state index in [1.165, 1.54) is 5.56 Å². The maximum Gasteiger partial charge on any atom is 0.163 e. The molecule has 2 aliphatic rings. The summed E-state index contributed by atoms with van der Waals surface area (Å²) in [5.74, 6) is 1.59. The first-order valence-corrected chi connectivity index (χ1v) is 12.8. The average molecular weight is 548 g/mol. The molecule has 0 amide bonds. The van der Waals surface area contributed by atoms with Crippen molar-refractivity contribution in [1.82, 2.24) is 0 Å². The van der Waals surface area contributed by atoms with E-state index in [4.69, 9.17) is 9.47 Å². The fourth-order valence-electron chi connectivity index (χ4n) is 5.12. The van der Waals surface area contributed by atoms with Crippen LogP contribution in [0.3, 0.4) is 0 Å². The molecule has 2 unspecified atom stereocenters. The lowest BCUT2D eigenvalue weighted by Crippen LogP contribution is -2.27. The van der Waals surface area contributed by atoms with Crippen molar-refractivity contribution in [3.8, 4) is 11.5 Å². The number of hydrogen-bond acceptors (Lipinski definition) is 6. The number of Topliss-reactive ketones (excluding diaryl/α,β-unsaturated/α-hetero) is 1. The molecule has 6 nitrogen and oxygen atoms in total. The van der Waals surface area contributed by atoms with Crippen LogP contribution in [0.4, 0.5) is 17.1 Å². The highest BCUT2D eigenvalue weighted by Crippen LogP contribution is 2.47. The zero-order valence-electron chi connectivity index (χ0n) is 20.9. The minimum absolute atomic E-state index is 0.104. The van der Waals surface area contributed by atoms with Crippen molar-refractivity contribution >= 4 is 38.8 Å². The van der Waals surface area contributed by atoms with E-state index in [1.54, 1.807) is 14.2 Å². The van der Waals surface area contributed by atoms with Gasteiger partial charge >= 0.3 is 0 Å². The molecule has 0 fully saturated rings. The second-order valence-electron chi connectivity index (χ2n) is 9.38. The van der Waals surface area contributed by atoms with Crippen LogP contribution >= 0.6 is 15.9 Å². The highest BCUT2D eigenvalue weighted by atomic mass is 79.9. The summed E-state index contributed by atoms with van der Waals surface area (Å²) in [7, 11) is 7.34. The first kappa shape index (κ1) is 24.3. The van der Waals surface area contributed by atoms with Crippen molar-refractivity contribution in [3.63, 3.8) is 0 Å². The second-order valence-corrected chi connectivity index (χ2v) is 10.2. The molecule has 0 radical (unpaired) electrons. The van der Waals surface area contributed by atoms with Gasteiger partial charge in [0.2, 0.25) is 0 Å². The molecule has 5 rings (SSSR count). The van der Waals surface area contributed by atoms with Gasteiger partial charge in [-0.1, -0.05) is 24.3 Å². The van der Waals surface area contributed by atoms with Gasteiger partial charge in [0.1, 0.15) is 11.5 Å². The predicted molar refractivity (Wildman–Crippen MR) is 148 cm³/mol. The number of benzene rings is 3. The Bertz CT molecular complexity index is 1330. The van der Waals surface area contributed by atoms with Gasteiger partial charge in [0.15, 0.2) is 5.78 Å². The Balaban J connectivity index is 1.62. The summed E-state index contributed by atoms with van der Waals surface area (Å²) in [6.45, 7) is 0. The molecule has 1 aliphatic carbocycles. The molecule has 2 N–H and O–H groups in total. The molecule has 0 spiro atoms. The molecule has 0 aromatic heterocycles. The maximum absolute atomic E-state index is 13.9. The first-order valence-electron chi connectivity index (χ1n) is 12.0. The molecule has 0 saturated carbocycles. The van der Waals surface area contributed by atoms with Crippen molar-refractivity contribution in [1.29, 1.82) is 0 Å². The van der Waals surface area contributed by atoms with Gasteiger partial charge in [-0.25, -0.2) is 0 Å². The van der Waals surface area contributed by atoms with E-state index in [2.05, 4.69) is 55.7 Å². The lowest BCUT2D eigenvalue weighted by Gasteiger charge is -2.31. The lowest BCUT2D eigenvalue weighted by molar-refractivity contribution is -0.116. The molecule has 0 saturated heterocycles. The summed E-state index contributed by atoms with van der Waals surface area (Å²) in [5, 5.41) is 7.23. The zero-order chi connectivity index (χ0) is 25.4. The topological polar surface area (TPSA) is 62.8 Å². The van der Waals surface area contributed by atoms with Crippen LogP contribution in [0.15, 0.2) is 76.4 Å². The quantitative estimate of drug-likeness (QED) is 0.379. The number of methoxy groups -OCH3 is 2. The van der Waals surface area contributed by atoms with E-state index < -0.39 is 6.04 Å². The Hall–Kier alpha value is -3.45. The van der Waals surface area contributed by atoms with E-state index in [0.717, 1.165) is 44.8 Å². The molecule has 3 aromatic rings. The number of ketones is 1. The van der Waals surface area contributed by atoms with E-state index in [9.17, 15) is 4.79 Å². The molecule has 36 heavy (non-hydrogen) atoms. The monoisotopic (exact) mass is 547 g/mol. The third-order valence-corrected chi connectivity index (χ3v) is 7.62. The Labute approximate surface area is 220 Å². The molecule has 1 heterocycles. The third kappa shape index (κ3) is 4.44. The van der Waals surface area contributed by atoms with E-state index in [1.807, 2.05) is 50.5 Å². The standard InChI is InChI=1S/C29H30BrN3O3/c1-33(2)19-11-9-17(10-12-19)18-13-24-28(25(34)14-18)29(32-23-8-6-5-7-22(23)31-24)20-15-27(36-4)21(30)16-26(20)35-3/h5-12,15-16,18,29,31-32H,13-14H2,1-4H3. The van der Waals surface area contributed by atoms with Crippen LogP contribution < -0.4 is 25.0 Å². The molecule has 3 aromatic carbocycles. The minimum Gasteiger partial charge on any atom is -0.496 e. The summed E-state index contributed by atoms with van der Waals surface area (Å²) < 4.78 is 12.1. The summed E-state index contributed by atoms with van der Waals surface area (Å²) in [6.07, 6.45) is 1.19. The highest BCUT2D eigenvalue weighted by Gasteiger charge is 2.37. The molecule has 2 atom stereocenters. The number of nitrogens with one attached hydrogen (secondary N) is 2. The number of carbonyl (C=O) groups is 1. The summed E-state index contributed by atoms with van der Waals surface area (Å²) >= 11 is 3.56. The number of anilines is 3. The number of para-hydroxylation sites is 2. The fourth-order valence-corrected chi connectivity index (χ4v) is 5.60. The van der Waals surface area contributed by atoms with Gasteiger partial charge in [0, 0.05) is 43.0 Å². The molecule has 0 bridgehead atoms. The first-order chi connectivity index (χ1) is 17.4. The van der Waals surface area contributed by atoms with Gasteiger partial charge in [-0.3, -0.25) is 4.79 Å². The van der Waals surface area contributed by atoms with Crippen molar-refractivity contribution in [2.45, 2.75) is 24.8 Å². The molecular weight excluding hydrogens is 518 g/mol. The Morgan fingerprint density at radius 2 is 1.61 bits per heavy atom. The normalized spacial score (nSPS) is 18.9. The van der Waals surface area contributed by atoms with E-state index >= 15 is 0 Å². The number of ether oxygens (including phenoxy) is 2. The van der Waals surface area contributed by atoms with Crippen LogP contribution in [0, 0.1) is 0 Å². The number of carbonyl (C=O) groups excluding carboxylic acids is 1. The Morgan fingerprint density at radius 1 is 0.917 bits per heavy atom. The van der Waals surface area contributed by atoms with Crippen molar-refractivity contribution in [2.24, 2.45) is 0 Å². The summed E-state index contributed by atoms with van der Waals surface area (Å²) in [5.41, 5.74) is 6.74. The SMILES string of the molecule is COc1cc(C2Nc3ccccc3NC3=C2C(=O)CC(c2ccc(N(C)C)cc2)C3)c(OC)cc1Br. The Morgan fingerprint density at radius 3 is 2.28 bits per heavy atom. The van der Waals surface area contributed by atoms with Gasteiger partial charge in [0.05, 0.1) is 36.1 Å². The van der Waals surface area contributed by atoms with Crippen LogP contribution in [0.2, 0.25) is 0 Å². The van der Waals surface area contributed by atoms with E-state index in [-0.39, 0.29) is 11.7 Å². The number of allylic oxidation sites excluding steroid dienone is 1. The van der Waals surface area contributed by atoms with Gasteiger partial charge in [-0.15, -0.1) is 0 Å². The van der Waals surface area contributed by atoms with Crippen molar-refractivity contribution < 1.29 is 14.3 Å². The zero-order valence-corrected chi connectivity index (χ0v) is 22.5. The number of fused-ring (bicyclic) bond motifs is 1. The number of nitrogens with zero attached hydrogens (tertiary/aromatic N) is 1. The predicted octanol–water partition coefficient (Wildman–Crippen LogP) is 6.51. The molecule has 186 valence electrons. The van der Waals surface area contributed by atoms with Gasteiger partial charge in [0.25, 0.3) is 0 Å². The van der Waals surface area contributed by atoms with E-state index in [0.29, 0.717) is 17.9 Å². The van der Waals surface area contributed by atoms with Crippen molar-refractivity contribution in [3.05, 3.63) is 87.5 Å². The average Bonchev–Trinajstić information content (AvgIpc) is 3.05. The molecule has 1 aliphatic heterocycles. The minimum atomic E-state index is -0.391. The summed E-state index contributed by atoms with van der Waals surface area (Å²) in [6, 6.07) is 20.0. The van der Waals surface area contributed by atoms with Crippen LogP contribution in [0.25, 0.3) is 0 Å². The Kier molecular flexibility index (Phi) is 6.67. The van der Waals surface area contributed by atoms with Crippen LogP contribution in [0.1, 0.15) is 35.9 Å². The highest BCUT2D eigenvalue weighted by molar-refractivity contribution is 9.10. The third-order valence-electron chi connectivity index (χ3n) is 7.01. The number of halogens is 1. The largest absolute Gasteiger partial charge is 0.496 e.